The number of carbonyl (C=O) groups excluding carboxylic acids is 1. The van der Waals surface area contributed by atoms with Crippen molar-refractivity contribution in [3.05, 3.63) is 36.5 Å². The third kappa shape index (κ3) is 11.5. The highest BCUT2D eigenvalue weighted by atomic mass is 16.5. The minimum Gasteiger partial charge on any atom is -0.358 e. The number of fused-ring (bicyclic) bond motifs is 1. The van der Waals surface area contributed by atoms with E-state index in [1.807, 2.05) is 6.08 Å². The van der Waals surface area contributed by atoms with Crippen LogP contribution in [0.2, 0.25) is 0 Å². The second-order valence-corrected chi connectivity index (χ2v) is 8.63. The first kappa shape index (κ1) is 24.1. The molecule has 0 saturated carbocycles. The van der Waals surface area contributed by atoms with Gasteiger partial charge in [-0.2, -0.15) is 0 Å². The van der Waals surface area contributed by atoms with Crippen LogP contribution in [0, 0.1) is 0 Å². The van der Waals surface area contributed by atoms with Crippen molar-refractivity contribution in [3.63, 3.8) is 0 Å². The van der Waals surface area contributed by atoms with Gasteiger partial charge in [0.25, 0.3) is 0 Å². The summed E-state index contributed by atoms with van der Waals surface area (Å²) in [6.07, 6.45) is 34.4. The molecule has 0 radical (unpaired) electrons. The molecule has 0 spiro atoms. The Balaban J connectivity index is 1.51. The number of hydrogen-bond acceptors (Lipinski definition) is 3. The Morgan fingerprint density at radius 3 is 2.48 bits per heavy atom. The monoisotopic (exact) mass is 401 g/mol. The topological polar surface area (TPSA) is 38.3 Å². The maximum Gasteiger partial charge on any atom is 0.142 e. The molecule has 1 heterocycles. The van der Waals surface area contributed by atoms with Crippen molar-refractivity contribution in [1.82, 2.24) is 5.32 Å². The normalized spacial score (nSPS) is 27.8. The van der Waals surface area contributed by atoms with E-state index in [1.54, 1.807) is 6.08 Å². The molecule has 164 valence electrons. The summed E-state index contributed by atoms with van der Waals surface area (Å²) in [5.41, 5.74) is 0. The highest BCUT2D eigenvalue weighted by molar-refractivity contribution is 5.64. The van der Waals surface area contributed by atoms with Crippen LogP contribution in [0.5, 0.6) is 0 Å². The van der Waals surface area contributed by atoms with Crippen LogP contribution < -0.4 is 5.32 Å². The Morgan fingerprint density at radius 1 is 0.897 bits per heavy atom. The van der Waals surface area contributed by atoms with Gasteiger partial charge in [-0.1, -0.05) is 88.2 Å². The predicted molar refractivity (Wildman–Crippen MR) is 123 cm³/mol. The molecule has 3 unspecified atom stereocenters. The molecule has 3 heteroatoms. The molecule has 1 aliphatic heterocycles. The first-order valence-electron chi connectivity index (χ1n) is 12.3. The smallest absolute Gasteiger partial charge is 0.142 e. The van der Waals surface area contributed by atoms with E-state index in [0.717, 1.165) is 19.1 Å². The van der Waals surface area contributed by atoms with Crippen molar-refractivity contribution in [2.75, 3.05) is 0 Å². The van der Waals surface area contributed by atoms with Crippen molar-refractivity contribution in [1.29, 1.82) is 0 Å². The number of ether oxygens (including phenoxy) is 1. The molecule has 0 aromatic rings. The van der Waals surface area contributed by atoms with Gasteiger partial charge in [0.05, 0.1) is 12.1 Å². The fraction of sp³-hybridized carbons (Fsp3) is 0.731. The van der Waals surface area contributed by atoms with Gasteiger partial charge >= 0.3 is 0 Å². The first-order valence-corrected chi connectivity index (χ1v) is 12.3. The fourth-order valence-electron chi connectivity index (χ4n) is 4.36. The van der Waals surface area contributed by atoms with E-state index >= 15 is 0 Å². The van der Waals surface area contributed by atoms with E-state index in [1.165, 1.54) is 89.9 Å². The number of allylic oxidation sites excluding steroid dienone is 5. The van der Waals surface area contributed by atoms with Crippen molar-refractivity contribution in [3.8, 4) is 0 Å². The molecule has 0 amide bonds. The average Bonchev–Trinajstić information content (AvgIpc) is 3.10. The first-order chi connectivity index (χ1) is 14.4. The van der Waals surface area contributed by atoms with Gasteiger partial charge in [0.1, 0.15) is 12.5 Å². The van der Waals surface area contributed by atoms with Crippen LogP contribution in [0.15, 0.2) is 36.5 Å². The van der Waals surface area contributed by atoms with Crippen molar-refractivity contribution >= 4 is 6.29 Å². The molecule has 0 aromatic carbocycles. The second-order valence-electron chi connectivity index (χ2n) is 8.63. The highest BCUT2D eigenvalue weighted by Gasteiger charge is 2.31. The minimum absolute atomic E-state index is 0.239. The number of hydrogen-bond donors (Lipinski definition) is 1. The standard InChI is InChI=1S/C26H43NO2/c28-23-19-15-11-7-3-1-2-4-10-14-18-22-26-27-24-20-16-12-8-5-6-9-13-17-21-25(24)29-26/h8,12,15-16,19-20,23-27H,1-7,9-11,13-14,17-18,21-22H2/b12-8-,19-15?,20-16+. The van der Waals surface area contributed by atoms with E-state index in [-0.39, 0.29) is 6.23 Å². The summed E-state index contributed by atoms with van der Waals surface area (Å²) in [7, 11) is 0. The van der Waals surface area contributed by atoms with Gasteiger partial charge < -0.3 is 4.74 Å². The van der Waals surface area contributed by atoms with Gasteiger partial charge in [-0.05, 0) is 51.0 Å². The third-order valence-corrected chi connectivity index (χ3v) is 6.09. The van der Waals surface area contributed by atoms with Crippen LogP contribution in [0.25, 0.3) is 0 Å². The van der Waals surface area contributed by atoms with Gasteiger partial charge in [-0.25, -0.2) is 0 Å². The summed E-state index contributed by atoms with van der Waals surface area (Å²) in [6, 6.07) is 0.380. The summed E-state index contributed by atoms with van der Waals surface area (Å²) in [4.78, 5) is 10.2. The van der Waals surface area contributed by atoms with E-state index in [0.29, 0.717) is 12.1 Å². The molecule has 1 fully saturated rings. The zero-order valence-corrected chi connectivity index (χ0v) is 18.4. The van der Waals surface area contributed by atoms with Crippen molar-refractivity contribution < 1.29 is 9.53 Å². The average molecular weight is 402 g/mol. The predicted octanol–water partition coefficient (Wildman–Crippen LogP) is 6.79. The number of aldehydes is 1. The Hall–Kier alpha value is -1.19. The lowest BCUT2D eigenvalue weighted by atomic mass is 10.0. The molecule has 29 heavy (non-hydrogen) atoms. The van der Waals surface area contributed by atoms with Gasteiger partial charge in [0, 0.05) is 0 Å². The van der Waals surface area contributed by atoms with Crippen molar-refractivity contribution in [2.24, 2.45) is 0 Å². The number of unbranched alkanes of at least 4 members (excludes halogenated alkanes) is 8. The van der Waals surface area contributed by atoms with Crippen LogP contribution in [0.1, 0.15) is 103 Å². The van der Waals surface area contributed by atoms with Crippen LogP contribution in [0.3, 0.4) is 0 Å². The summed E-state index contributed by atoms with van der Waals surface area (Å²) in [5, 5.41) is 3.71. The van der Waals surface area contributed by atoms with Crippen LogP contribution >= 0.6 is 0 Å². The molecule has 3 atom stereocenters. The molecule has 2 rings (SSSR count). The summed E-state index contributed by atoms with van der Waals surface area (Å²) < 4.78 is 6.36. The Labute approximate surface area is 179 Å². The molecular weight excluding hydrogens is 358 g/mol. The SMILES string of the molecule is O=CC=CCCCCCCCCCCC1NC2/C=C/C=C\CCCCCCC2O1. The molecule has 0 bridgehead atoms. The lowest BCUT2D eigenvalue weighted by Gasteiger charge is -2.15. The van der Waals surface area contributed by atoms with E-state index in [4.69, 9.17) is 4.74 Å². The minimum atomic E-state index is 0.239. The zero-order valence-electron chi connectivity index (χ0n) is 18.4. The number of rotatable bonds is 12. The molecular formula is C26H43NO2. The summed E-state index contributed by atoms with van der Waals surface area (Å²) in [5.74, 6) is 0. The maximum absolute atomic E-state index is 10.2. The lowest BCUT2D eigenvalue weighted by molar-refractivity contribution is -0.104. The molecule has 1 aliphatic carbocycles. The van der Waals surface area contributed by atoms with E-state index in [9.17, 15) is 4.79 Å². The van der Waals surface area contributed by atoms with Gasteiger partial charge in [0.15, 0.2) is 0 Å². The quantitative estimate of drug-likeness (QED) is 0.222. The van der Waals surface area contributed by atoms with Crippen LogP contribution in [0.4, 0.5) is 0 Å². The molecule has 0 aromatic heterocycles. The van der Waals surface area contributed by atoms with Gasteiger partial charge in [-0.3, -0.25) is 10.1 Å². The van der Waals surface area contributed by atoms with Gasteiger partial charge in [0.2, 0.25) is 0 Å². The Bertz CT molecular complexity index is 497. The highest BCUT2D eigenvalue weighted by Crippen LogP contribution is 2.23. The Morgan fingerprint density at radius 2 is 1.66 bits per heavy atom. The third-order valence-electron chi connectivity index (χ3n) is 6.09. The van der Waals surface area contributed by atoms with E-state index < -0.39 is 0 Å². The van der Waals surface area contributed by atoms with Gasteiger partial charge in [-0.15, -0.1) is 0 Å². The largest absolute Gasteiger partial charge is 0.358 e. The zero-order chi connectivity index (χ0) is 20.4. The number of carbonyl (C=O) groups is 1. The lowest BCUT2D eigenvalue weighted by Crippen LogP contribution is -2.31. The molecule has 3 nitrogen and oxygen atoms in total. The summed E-state index contributed by atoms with van der Waals surface area (Å²) in [6.45, 7) is 0. The fourth-order valence-corrected chi connectivity index (χ4v) is 4.36. The Kier molecular flexibility index (Phi) is 13.8. The van der Waals surface area contributed by atoms with Crippen LogP contribution in [-0.2, 0) is 9.53 Å². The van der Waals surface area contributed by atoms with E-state index in [2.05, 4.69) is 29.6 Å². The second kappa shape index (κ2) is 16.6. The molecule has 2 aliphatic rings. The molecule has 1 N–H and O–H groups in total. The number of nitrogens with one attached hydrogen (secondary N) is 1. The van der Waals surface area contributed by atoms with Crippen molar-refractivity contribution in [2.45, 2.75) is 121 Å². The maximum atomic E-state index is 10.2. The molecule has 1 saturated heterocycles. The van der Waals surface area contributed by atoms with Crippen LogP contribution in [-0.4, -0.2) is 24.7 Å². The summed E-state index contributed by atoms with van der Waals surface area (Å²) >= 11 is 0.